The number of carbonyl (C=O) groups excluding carboxylic acids is 1. The van der Waals surface area contributed by atoms with Crippen molar-refractivity contribution >= 4 is 17.3 Å². The first-order chi connectivity index (χ1) is 19.0. The summed E-state index contributed by atoms with van der Waals surface area (Å²) in [6.45, 7) is 3.04. The highest BCUT2D eigenvalue weighted by Gasteiger charge is 2.35. The van der Waals surface area contributed by atoms with Gasteiger partial charge in [0.05, 0.1) is 24.3 Å². The molecule has 3 aromatic rings. The van der Waals surface area contributed by atoms with Crippen LogP contribution in [0, 0.1) is 17.7 Å². The Morgan fingerprint density at radius 3 is 2.59 bits per heavy atom. The molecule has 0 radical (unpaired) electrons. The van der Waals surface area contributed by atoms with Crippen LogP contribution >= 0.6 is 0 Å². The number of aliphatic hydroxyl groups is 1. The van der Waals surface area contributed by atoms with E-state index in [1.165, 1.54) is 6.07 Å². The van der Waals surface area contributed by atoms with E-state index in [0.717, 1.165) is 42.5 Å². The van der Waals surface area contributed by atoms with Crippen molar-refractivity contribution in [1.82, 2.24) is 10.3 Å². The van der Waals surface area contributed by atoms with Crippen molar-refractivity contribution in [3.05, 3.63) is 95.6 Å². The number of benzene rings is 2. The number of anilines is 1. The fourth-order valence-corrected chi connectivity index (χ4v) is 5.37. The normalized spacial score (nSPS) is 18.5. The number of unbranched alkanes of at least 4 members (excludes halogenated alkanes) is 1. The predicted molar refractivity (Wildman–Crippen MR) is 152 cm³/mol. The van der Waals surface area contributed by atoms with Crippen LogP contribution in [0.3, 0.4) is 0 Å². The molecule has 204 valence electrons. The highest BCUT2D eigenvalue weighted by molar-refractivity contribution is 6.16. The Balaban J connectivity index is 1.50. The molecule has 1 amide bonds. The van der Waals surface area contributed by atoms with E-state index >= 15 is 4.39 Å². The van der Waals surface area contributed by atoms with Crippen molar-refractivity contribution in [1.29, 1.82) is 0 Å². The fourth-order valence-electron chi connectivity index (χ4n) is 5.37. The Hall–Kier alpha value is -3.58. The van der Waals surface area contributed by atoms with Gasteiger partial charge in [-0.15, -0.1) is 0 Å². The van der Waals surface area contributed by atoms with Gasteiger partial charge in [0.25, 0.3) is 0 Å². The van der Waals surface area contributed by atoms with Gasteiger partial charge < -0.3 is 15.3 Å². The minimum absolute atomic E-state index is 0.181. The number of carbonyl (C=O) groups is 1. The summed E-state index contributed by atoms with van der Waals surface area (Å²) < 4.78 is 15.1. The first kappa shape index (κ1) is 27.0. The Kier molecular flexibility index (Phi) is 8.67. The number of aromatic nitrogens is 1. The zero-order chi connectivity index (χ0) is 27.2. The molecule has 2 aliphatic rings. The van der Waals surface area contributed by atoms with Crippen molar-refractivity contribution in [2.75, 3.05) is 11.4 Å². The molecule has 5 rings (SSSR count). The van der Waals surface area contributed by atoms with Crippen molar-refractivity contribution in [3.8, 4) is 0 Å². The minimum atomic E-state index is -0.685. The van der Waals surface area contributed by atoms with Crippen LogP contribution in [0.5, 0.6) is 0 Å². The van der Waals surface area contributed by atoms with E-state index in [1.807, 2.05) is 42.6 Å². The van der Waals surface area contributed by atoms with Crippen LogP contribution in [0.25, 0.3) is 0 Å². The number of para-hydroxylation sites is 1. The Bertz CT molecular complexity index is 1290. The second-order valence-electron chi connectivity index (χ2n) is 10.7. The van der Waals surface area contributed by atoms with Crippen LogP contribution in [0.15, 0.2) is 78.0 Å². The Morgan fingerprint density at radius 2 is 1.87 bits per heavy atom. The third kappa shape index (κ3) is 6.71. The monoisotopic (exact) mass is 528 g/mol. The second kappa shape index (κ2) is 12.5. The van der Waals surface area contributed by atoms with Gasteiger partial charge in [0, 0.05) is 35.8 Å². The van der Waals surface area contributed by atoms with Crippen LogP contribution in [0.1, 0.15) is 62.1 Å². The predicted octanol–water partition coefficient (Wildman–Crippen LogP) is 5.49. The van der Waals surface area contributed by atoms with Gasteiger partial charge in [-0.05, 0) is 48.6 Å². The maximum atomic E-state index is 15.1. The molecule has 1 aliphatic carbocycles. The van der Waals surface area contributed by atoms with E-state index in [9.17, 15) is 9.90 Å². The lowest BCUT2D eigenvalue weighted by Gasteiger charge is -2.29. The summed E-state index contributed by atoms with van der Waals surface area (Å²) in [7, 11) is 0. The topological polar surface area (TPSA) is 77.8 Å². The molecule has 0 spiro atoms. The number of nitrogens with one attached hydrogen (secondary N) is 1. The first-order valence-corrected chi connectivity index (χ1v) is 14.1. The van der Waals surface area contributed by atoms with Gasteiger partial charge in [-0.1, -0.05) is 69.0 Å². The Morgan fingerprint density at radius 1 is 1.10 bits per heavy atom. The summed E-state index contributed by atoms with van der Waals surface area (Å²) in [5.74, 6) is -0.526. The standard InChI is InChI=1S/C32H37FN4O2/c1-2-3-14-29(38)26(18-22-15-16-22)32(39)36-30-21-37(20-23-9-8-17-34-19-23)28-13-7-5-11-25(28)31(35-30)24-10-4-6-12-27(24)33/h4-13,17,19,22,26,29-30,38H,2-3,14-16,18,20-21H2,1H3,(H,36,39). The number of hydrogen-bond donors (Lipinski definition) is 2. The number of fused-ring (bicyclic) bond motifs is 1. The lowest BCUT2D eigenvalue weighted by molar-refractivity contribution is -0.129. The number of rotatable bonds is 11. The number of aliphatic hydroxyl groups excluding tert-OH is 1. The molecule has 1 fully saturated rings. The fraction of sp³-hybridized carbons (Fsp3) is 0.406. The number of amides is 1. The van der Waals surface area contributed by atoms with Crippen molar-refractivity contribution < 1.29 is 14.3 Å². The number of pyridine rings is 1. The van der Waals surface area contributed by atoms with Gasteiger partial charge in [-0.25, -0.2) is 4.39 Å². The van der Waals surface area contributed by atoms with E-state index in [2.05, 4.69) is 22.1 Å². The minimum Gasteiger partial charge on any atom is -0.392 e. The number of nitrogens with zero attached hydrogens (tertiary/aromatic N) is 3. The smallest absolute Gasteiger partial charge is 0.227 e. The van der Waals surface area contributed by atoms with Crippen LogP contribution in [-0.2, 0) is 11.3 Å². The van der Waals surface area contributed by atoms with Gasteiger partial charge in [0.2, 0.25) is 5.91 Å². The average molecular weight is 529 g/mol. The lowest BCUT2D eigenvalue weighted by Crippen LogP contribution is -2.47. The number of aliphatic imine (C=N–C) groups is 1. The van der Waals surface area contributed by atoms with E-state index in [4.69, 9.17) is 4.99 Å². The third-order valence-electron chi connectivity index (χ3n) is 7.65. The summed E-state index contributed by atoms with van der Waals surface area (Å²) in [4.78, 5) is 25.1. The summed E-state index contributed by atoms with van der Waals surface area (Å²) in [5, 5.41) is 14.1. The molecular formula is C32H37FN4O2. The van der Waals surface area contributed by atoms with Gasteiger partial charge in [0.15, 0.2) is 0 Å². The first-order valence-electron chi connectivity index (χ1n) is 14.1. The molecule has 7 heteroatoms. The second-order valence-corrected chi connectivity index (χ2v) is 10.7. The molecule has 1 aromatic heterocycles. The maximum Gasteiger partial charge on any atom is 0.227 e. The summed E-state index contributed by atoms with van der Waals surface area (Å²) >= 11 is 0. The van der Waals surface area contributed by atoms with Crippen LogP contribution < -0.4 is 10.2 Å². The Labute approximate surface area is 230 Å². The third-order valence-corrected chi connectivity index (χ3v) is 7.65. The number of benzodiazepines with no additional fused rings is 1. The van der Waals surface area contributed by atoms with Crippen molar-refractivity contribution in [2.24, 2.45) is 16.8 Å². The van der Waals surface area contributed by atoms with Crippen LogP contribution in [0.4, 0.5) is 10.1 Å². The number of halogens is 1. The zero-order valence-corrected chi connectivity index (χ0v) is 22.5. The molecule has 2 N–H and O–H groups in total. The van der Waals surface area contributed by atoms with Crippen LogP contribution in [-0.4, -0.2) is 40.5 Å². The largest absolute Gasteiger partial charge is 0.392 e. The highest BCUT2D eigenvalue weighted by Crippen LogP contribution is 2.37. The van der Waals surface area contributed by atoms with Crippen LogP contribution in [0.2, 0.25) is 0 Å². The van der Waals surface area contributed by atoms with Gasteiger partial charge in [-0.3, -0.25) is 14.8 Å². The molecule has 6 nitrogen and oxygen atoms in total. The van der Waals surface area contributed by atoms with E-state index in [0.29, 0.717) is 43.1 Å². The zero-order valence-electron chi connectivity index (χ0n) is 22.5. The number of hydrogen-bond acceptors (Lipinski definition) is 5. The molecule has 0 saturated heterocycles. The molecule has 3 unspecified atom stereocenters. The average Bonchev–Trinajstić information content (AvgIpc) is 3.79. The van der Waals surface area contributed by atoms with E-state index < -0.39 is 18.2 Å². The van der Waals surface area contributed by atoms with Gasteiger partial charge in [0.1, 0.15) is 12.0 Å². The molecule has 3 atom stereocenters. The van der Waals surface area contributed by atoms with E-state index in [1.54, 1.807) is 24.4 Å². The molecular weight excluding hydrogens is 491 g/mol. The summed E-state index contributed by atoms with van der Waals surface area (Å²) in [6.07, 6.45) is 7.61. The highest BCUT2D eigenvalue weighted by atomic mass is 19.1. The molecule has 1 saturated carbocycles. The lowest BCUT2D eigenvalue weighted by atomic mass is 9.91. The van der Waals surface area contributed by atoms with E-state index in [-0.39, 0.29) is 11.7 Å². The molecule has 2 heterocycles. The molecule has 39 heavy (non-hydrogen) atoms. The maximum absolute atomic E-state index is 15.1. The van der Waals surface area contributed by atoms with Crippen molar-refractivity contribution in [2.45, 2.75) is 64.3 Å². The van der Waals surface area contributed by atoms with Crippen molar-refractivity contribution in [3.63, 3.8) is 0 Å². The SMILES string of the molecule is CCCCC(O)C(CC1CC1)C(=O)NC1CN(Cc2cccnc2)c2ccccc2C(c2ccccc2F)=N1. The van der Waals surface area contributed by atoms with Gasteiger partial charge in [-0.2, -0.15) is 0 Å². The molecule has 2 aromatic carbocycles. The quantitative estimate of drug-likeness (QED) is 0.345. The van der Waals surface area contributed by atoms with Gasteiger partial charge >= 0.3 is 0 Å². The summed E-state index contributed by atoms with van der Waals surface area (Å²) in [6, 6.07) is 18.4. The molecule has 0 bridgehead atoms. The molecule has 1 aliphatic heterocycles. The summed E-state index contributed by atoms with van der Waals surface area (Å²) in [5.41, 5.74) is 3.64.